The molecule has 3 unspecified atom stereocenters. The van der Waals surface area contributed by atoms with Gasteiger partial charge < -0.3 is 0 Å². The van der Waals surface area contributed by atoms with E-state index in [9.17, 15) is 0 Å². The van der Waals surface area contributed by atoms with Gasteiger partial charge in [0.05, 0.1) is 14.0 Å². The first-order valence-electron chi connectivity index (χ1n) is 6.53. The third-order valence-electron chi connectivity index (χ3n) is 4.31. The normalized spacial score (nSPS) is 39.2. The summed E-state index contributed by atoms with van der Waals surface area (Å²) in [7, 11) is -1.04. The molecule has 2 aliphatic heterocycles. The summed E-state index contributed by atoms with van der Waals surface area (Å²) >= 11 is 0. The van der Waals surface area contributed by atoms with Crippen molar-refractivity contribution in [1.82, 2.24) is 0 Å². The fourth-order valence-corrected chi connectivity index (χ4v) is 8.49. The molecule has 0 N–H and O–H groups in total. The highest BCUT2D eigenvalue weighted by molar-refractivity contribution is 6.68. The third kappa shape index (κ3) is 2.23. The number of hydrogen-bond donors (Lipinski definition) is 0. The van der Waals surface area contributed by atoms with E-state index in [2.05, 4.69) is 51.7 Å². The average Bonchev–Trinajstić information content (AvgIpc) is 2.48. The van der Waals surface area contributed by atoms with Gasteiger partial charge in [0.1, 0.15) is 0 Å². The SMILES string of the molecule is C=CC1([SiH]2CC(C)CC2(C)C)C=CC=CC=N1. The lowest BCUT2D eigenvalue weighted by Crippen LogP contribution is -2.45. The minimum Gasteiger partial charge on any atom is -0.282 e. The summed E-state index contributed by atoms with van der Waals surface area (Å²) in [5, 5.41) is 0.400. The van der Waals surface area contributed by atoms with Crippen molar-refractivity contribution >= 4 is 15.0 Å². The van der Waals surface area contributed by atoms with E-state index in [4.69, 9.17) is 4.99 Å². The molecule has 2 aliphatic rings. The number of rotatable bonds is 2. The number of hydrogen-bond acceptors (Lipinski definition) is 1. The maximum Gasteiger partial charge on any atom is 0.0860 e. The Morgan fingerprint density at radius 2 is 2.12 bits per heavy atom. The van der Waals surface area contributed by atoms with Crippen LogP contribution in [-0.4, -0.2) is 20.2 Å². The quantitative estimate of drug-likeness (QED) is 0.520. The van der Waals surface area contributed by atoms with Crippen molar-refractivity contribution in [2.45, 2.75) is 43.4 Å². The van der Waals surface area contributed by atoms with Crippen LogP contribution in [0, 0.1) is 5.92 Å². The van der Waals surface area contributed by atoms with E-state index in [0.717, 1.165) is 5.92 Å². The van der Waals surface area contributed by atoms with Gasteiger partial charge in [-0.2, -0.15) is 0 Å². The molecule has 0 amide bonds. The first-order chi connectivity index (χ1) is 8.00. The van der Waals surface area contributed by atoms with Gasteiger partial charge in [0, 0.05) is 6.21 Å². The Labute approximate surface area is 107 Å². The molecule has 0 aliphatic carbocycles. The summed E-state index contributed by atoms with van der Waals surface area (Å²) < 4.78 is 0. The van der Waals surface area contributed by atoms with Crippen molar-refractivity contribution in [2.24, 2.45) is 10.9 Å². The summed E-state index contributed by atoms with van der Waals surface area (Å²) in [6, 6.07) is 1.38. The lowest BCUT2D eigenvalue weighted by molar-refractivity contribution is 0.526. The smallest absolute Gasteiger partial charge is 0.0860 e. The van der Waals surface area contributed by atoms with Gasteiger partial charge in [0.15, 0.2) is 0 Å². The molecule has 0 aromatic heterocycles. The van der Waals surface area contributed by atoms with Gasteiger partial charge in [-0.15, -0.1) is 6.58 Å². The van der Waals surface area contributed by atoms with E-state index < -0.39 is 8.80 Å². The molecule has 2 rings (SSSR count). The molecular formula is C15H23NSi. The number of nitrogens with zero attached hydrogens (tertiary/aromatic N) is 1. The maximum absolute atomic E-state index is 4.83. The zero-order valence-corrected chi connectivity index (χ0v) is 12.3. The lowest BCUT2D eigenvalue weighted by atomic mass is 10.0. The van der Waals surface area contributed by atoms with Crippen LogP contribution in [0.25, 0.3) is 0 Å². The van der Waals surface area contributed by atoms with Gasteiger partial charge in [-0.1, -0.05) is 51.1 Å². The predicted octanol–water partition coefficient (Wildman–Crippen LogP) is 3.69. The van der Waals surface area contributed by atoms with Gasteiger partial charge in [-0.05, 0) is 23.5 Å². The molecule has 3 atom stereocenters. The molecule has 2 heteroatoms. The second kappa shape index (κ2) is 4.41. The zero-order chi connectivity index (χ0) is 12.5. The molecular weight excluding hydrogens is 222 g/mol. The molecule has 17 heavy (non-hydrogen) atoms. The highest BCUT2D eigenvalue weighted by Gasteiger charge is 2.49. The molecule has 2 heterocycles. The van der Waals surface area contributed by atoms with Crippen molar-refractivity contribution in [3.63, 3.8) is 0 Å². The Morgan fingerprint density at radius 1 is 1.35 bits per heavy atom. The van der Waals surface area contributed by atoms with Crippen molar-refractivity contribution < 1.29 is 0 Å². The van der Waals surface area contributed by atoms with Gasteiger partial charge >= 0.3 is 0 Å². The molecule has 1 fully saturated rings. The molecule has 0 spiro atoms. The summed E-state index contributed by atoms with van der Waals surface area (Å²) in [5.74, 6) is 0.846. The first-order valence-corrected chi connectivity index (χ1v) is 8.50. The van der Waals surface area contributed by atoms with Crippen molar-refractivity contribution in [2.75, 3.05) is 0 Å². The topological polar surface area (TPSA) is 12.4 Å². The molecule has 1 nitrogen and oxygen atoms in total. The van der Waals surface area contributed by atoms with Crippen LogP contribution in [0.1, 0.15) is 27.2 Å². The van der Waals surface area contributed by atoms with Crippen LogP contribution in [0.2, 0.25) is 11.1 Å². The number of allylic oxidation sites excluding steroid dienone is 3. The fourth-order valence-electron chi connectivity index (χ4n) is 3.67. The fraction of sp³-hybridized carbons (Fsp3) is 0.533. The molecule has 0 radical (unpaired) electrons. The Hall–Kier alpha value is -0.893. The van der Waals surface area contributed by atoms with Crippen molar-refractivity contribution in [3.05, 3.63) is 37.0 Å². The molecule has 0 aromatic rings. The first kappa shape index (κ1) is 12.6. The van der Waals surface area contributed by atoms with Crippen LogP contribution in [-0.2, 0) is 0 Å². The van der Waals surface area contributed by atoms with Crippen LogP contribution >= 0.6 is 0 Å². The molecule has 1 saturated heterocycles. The summed E-state index contributed by atoms with van der Waals surface area (Å²) in [6.07, 6.45) is 13.9. The highest BCUT2D eigenvalue weighted by atomic mass is 28.3. The zero-order valence-electron chi connectivity index (χ0n) is 11.2. The largest absolute Gasteiger partial charge is 0.282 e. The Balaban J connectivity index is 2.39. The molecule has 0 saturated carbocycles. The van der Waals surface area contributed by atoms with Gasteiger partial charge in [0.2, 0.25) is 0 Å². The van der Waals surface area contributed by atoms with E-state index in [1.54, 1.807) is 0 Å². The molecule has 0 aromatic carbocycles. The Kier molecular flexibility index (Phi) is 3.26. The van der Waals surface area contributed by atoms with E-state index in [1.807, 2.05) is 12.3 Å². The minimum absolute atomic E-state index is 0.0717. The van der Waals surface area contributed by atoms with Crippen molar-refractivity contribution in [1.29, 1.82) is 0 Å². The van der Waals surface area contributed by atoms with E-state index >= 15 is 0 Å². The second-order valence-electron chi connectivity index (χ2n) is 6.20. The standard InChI is InChI=1S/C15H23NSi/c1-5-15(9-7-6-8-10-16-15)17-12-13(2)11-14(17,3)4/h5-10,13,17H,1,11-12H2,2-4H3. The van der Waals surface area contributed by atoms with E-state index in [1.165, 1.54) is 12.5 Å². The molecule has 0 bridgehead atoms. The summed E-state index contributed by atoms with van der Waals surface area (Å²) in [4.78, 5) is 4.83. The van der Waals surface area contributed by atoms with Crippen LogP contribution in [0.15, 0.2) is 42.0 Å². The van der Waals surface area contributed by atoms with Crippen LogP contribution < -0.4 is 0 Å². The van der Waals surface area contributed by atoms with E-state index in [0.29, 0.717) is 5.04 Å². The lowest BCUT2D eigenvalue weighted by Gasteiger charge is -2.37. The predicted molar refractivity (Wildman–Crippen MR) is 79.5 cm³/mol. The highest BCUT2D eigenvalue weighted by Crippen LogP contribution is 2.51. The van der Waals surface area contributed by atoms with E-state index in [-0.39, 0.29) is 5.16 Å². The third-order valence-corrected chi connectivity index (χ3v) is 9.40. The monoisotopic (exact) mass is 245 g/mol. The van der Waals surface area contributed by atoms with Gasteiger partial charge in [0.25, 0.3) is 0 Å². The van der Waals surface area contributed by atoms with Gasteiger partial charge in [-0.3, -0.25) is 4.99 Å². The molecule has 92 valence electrons. The average molecular weight is 245 g/mol. The minimum atomic E-state index is -1.04. The second-order valence-corrected chi connectivity index (χ2v) is 10.3. The van der Waals surface area contributed by atoms with Crippen molar-refractivity contribution in [3.8, 4) is 0 Å². The summed E-state index contributed by atoms with van der Waals surface area (Å²) in [5.41, 5.74) is 0. The maximum atomic E-state index is 4.83. The Morgan fingerprint density at radius 3 is 2.71 bits per heavy atom. The summed E-state index contributed by atoms with van der Waals surface area (Å²) in [6.45, 7) is 11.3. The Bertz CT molecular complexity index is 374. The number of aliphatic imine (C=N–C) groups is 1. The van der Waals surface area contributed by atoms with Crippen LogP contribution in [0.5, 0.6) is 0 Å². The van der Waals surface area contributed by atoms with Gasteiger partial charge in [-0.25, -0.2) is 0 Å². The van der Waals surface area contributed by atoms with Crippen LogP contribution in [0.3, 0.4) is 0 Å². The van der Waals surface area contributed by atoms with Crippen LogP contribution in [0.4, 0.5) is 0 Å².